The summed E-state index contributed by atoms with van der Waals surface area (Å²) < 4.78 is 22.9. The SMILES string of the molecule is COC(=O)CSc1ncnc(SCC(=O)OC)c1C#N.COC(=O)CSc1ncnc2sc(C(=O)OC)c(N)c12.COC(=O)c1sc2ncnc(NCCO)c2c1N.N#Cc1c(Cl)nc[nH]c1=O.N#Cc1c(Cl)ncnc1Cl. The minimum absolute atomic E-state index is 0.0284. The lowest BCUT2D eigenvalue weighted by Crippen LogP contribution is -2.10. The van der Waals surface area contributed by atoms with Gasteiger partial charge in [-0.25, -0.2) is 54.4 Å². The van der Waals surface area contributed by atoms with E-state index in [4.69, 9.17) is 67.2 Å². The number of nitrogens with zero attached hydrogens (tertiary/aromatic N) is 12. The number of aliphatic hydroxyl groups excluding tert-OH is 1. The molecule has 78 heavy (non-hydrogen) atoms. The van der Waals surface area contributed by atoms with Crippen LogP contribution in [0.2, 0.25) is 15.5 Å². The van der Waals surface area contributed by atoms with Crippen LogP contribution in [0.3, 0.4) is 0 Å². The van der Waals surface area contributed by atoms with Crippen LogP contribution in [0.25, 0.3) is 20.4 Å². The lowest BCUT2D eigenvalue weighted by molar-refractivity contribution is -0.138. The maximum atomic E-state index is 11.6. The highest BCUT2D eigenvalue weighted by Gasteiger charge is 2.23. The molecule has 0 aromatic carbocycles. The number of methoxy groups -OCH3 is 5. The topological polar surface area (TPSA) is 436 Å². The van der Waals surface area contributed by atoms with E-state index in [1.165, 1.54) is 72.6 Å². The van der Waals surface area contributed by atoms with Gasteiger partial charge in [0.25, 0.3) is 5.56 Å². The maximum absolute atomic E-state index is 11.6. The number of thiophene rings is 2. The van der Waals surface area contributed by atoms with Crippen molar-refractivity contribution in [3.63, 3.8) is 0 Å². The fourth-order valence-electron chi connectivity index (χ4n) is 4.93. The second-order valence-corrected chi connectivity index (χ2v) is 19.1. The largest absolute Gasteiger partial charge is 0.468 e. The number of ether oxygens (including phenoxy) is 5. The average Bonchev–Trinajstić information content (AvgIpc) is 3.98. The summed E-state index contributed by atoms with van der Waals surface area (Å²) >= 11 is 21.9. The molecule has 36 heteroatoms. The number of hydrogen-bond acceptors (Lipinski definition) is 32. The number of rotatable bonds is 14. The first-order valence-electron chi connectivity index (χ1n) is 20.5. The molecule has 0 aliphatic rings. The summed E-state index contributed by atoms with van der Waals surface area (Å²) in [6.45, 7) is 0.314. The Bertz CT molecular complexity index is 3410. The molecule has 0 fully saturated rings. The molecule has 0 bridgehead atoms. The van der Waals surface area contributed by atoms with Crippen LogP contribution in [-0.2, 0) is 38.1 Å². The summed E-state index contributed by atoms with van der Waals surface area (Å²) in [5.74, 6) is -1.53. The van der Waals surface area contributed by atoms with Crippen molar-refractivity contribution in [3.8, 4) is 18.2 Å². The van der Waals surface area contributed by atoms with Crippen LogP contribution in [0.1, 0.15) is 36.0 Å². The Morgan fingerprint density at radius 2 is 1.01 bits per heavy atom. The molecule has 0 spiro atoms. The number of carbonyl (C=O) groups excluding carboxylic acids is 5. The summed E-state index contributed by atoms with van der Waals surface area (Å²) in [6, 6.07) is 5.38. The van der Waals surface area contributed by atoms with E-state index < -0.39 is 29.4 Å². The highest BCUT2D eigenvalue weighted by Crippen LogP contribution is 2.38. The van der Waals surface area contributed by atoms with Crippen LogP contribution >= 0.6 is 92.8 Å². The predicted octanol–water partition coefficient (Wildman–Crippen LogP) is 4.62. The summed E-state index contributed by atoms with van der Waals surface area (Å²) in [6.07, 6.45) is 6.36. The molecule has 0 unspecified atom stereocenters. The molecule has 0 saturated carbocycles. The summed E-state index contributed by atoms with van der Waals surface area (Å²) in [4.78, 5) is 106. The number of nitrogens with two attached hydrogens (primary N) is 2. The predicted molar refractivity (Wildman–Crippen MR) is 288 cm³/mol. The molecular formula is C42H37Cl3N16O12S5. The van der Waals surface area contributed by atoms with E-state index in [-0.39, 0.29) is 72.5 Å². The number of aromatic nitrogens is 10. The van der Waals surface area contributed by atoms with Crippen molar-refractivity contribution in [1.29, 1.82) is 15.8 Å². The monoisotopic (exact) mass is 1220 g/mol. The number of thioether (sulfide) groups is 3. The number of carbonyl (C=O) groups is 5. The second-order valence-electron chi connectivity index (χ2n) is 13.1. The summed E-state index contributed by atoms with van der Waals surface area (Å²) in [5.41, 5.74) is 12.1. The number of aromatic amines is 1. The minimum atomic E-state index is -0.519. The van der Waals surface area contributed by atoms with Gasteiger partial charge in [-0.2, -0.15) is 15.8 Å². The van der Waals surface area contributed by atoms with Gasteiger partial charge in [0, 0.05) is 6.54 Å². The number of aliphatic hydroxyl groups is 1. The van der Waals surface area contributed by atoms with Crippen LogP contribution in [0.5, 0.6) is 0 Å². The lowest BCUT2D eigenvalue weighted by atomic mass is 10.3. The molecule has 7 aromatic rings. The van der Waals surface area contributed by atoms with Gasteiger partial charge in [-0.1, -0.05) is 70.1 Å². The van der Waals surface area contributed by atoms with Crippen LogP contribution in [0.15, 0.2) is 51.5 Å². The van der Waals surface area contributed by atoms with Crippen molar-refractivity contribution in [2.75, 3.05) is 82.7 Å². The van der Waals surface area contributed by atoms with Crippen LogP contribution in [0.4, 0.5) is 17.2 Å². The number of anilines is 3. The van der Waals surface area contributed by atoms with Crippen LogP contribution in [-0.4, -0.2) is 151 Å². The number of halogens is 3. The molecule has 7 rings (SSSR count). The Labute approximate surface area is 475 Å². The zero-order valence-corrected chi connectivity index (χ0v) is 46.9. The third-order valence-electron chi connectivity index (χ3n) is 8.50. The Morgan fingerprint density at radius 3 is 1.44 bits per heavy atom. The van der Waals surface area contributed by atoms with Crippen molar-refractivity contribution in [1.82, 2.24) is 49.8 Å². The standard InChI is InChI=1S/2C11H11N3O4S2.C10H12N4O3S.C5HCl2N3.C5H2ClN3O/c1-17-5(15)3-19-9-6-7(12)8(11(16)18-2)20-10(6)14-4-13-9;1-17-8(15)4-19-10-7(3-12)11(14-6-13-10)20-5-9(16)18-2;1-17-10(16)7-6(11)5-8(12-2-3-15)13-4-14-9(5)18-7;6-4-3(1-8)5(7)10-2-9-4;6-4-3(1-7)5(10)9-2-8-4/h4H,3,12H2,1-2H3;6H,4-5H2,1-2H3;4,15H,2-3,11H2,1H3,(H,12,13,14);2H;2H,(H,8,9,10). The first kappa shape index (κ1) is 64.5. The van der Waals surface area contributed by atoms with E-state index in [9.17, 15) is 28.8 Å². The Kier molecular flexibility index (Phi) is 27.6. The van der Waals surface area contributed by atoms with Gasteiger partial charge in [0.1, 0.15) is 95.0 Å². The van der Waals surface area contributed by atoms with Gasteiger partial charge >= 0.3 is 29.8 Å². The van der Waals surface area contributed by atoms with Crippen molar-refractivity contribution >= 4 is 160 Å². The van der Waals surface area contributed by atoms with Gasteiger partial charge in [-0.15, -0.1) is 22.7 Å². The van der Waals surface area contributed by atoms with Gasteiger partial charge < -0.3 is 50.6 Å². The van der Waals surface area contributed by atoms with E-state index in [2.05, 4.69) is 78.8 Å². The number of nitrogens with one attached hydrogen (secondary N) is 2. The molecule has 0 aliphatic carbocycles. The number of H-pyrrole nitrogens is 1. The average molecular weight is 1220 g/mol. The number of hydrogen-bond donors (Lipinski definition) is 5. The van der Waals surface area contributed by atoms with Gasteiger partial charge in [-0.3, -0.25) is 19.2 Å². The Morgan fingerprint density at radius 1 is 0.603 bits per heavy atom. The molecule has 408 valence electrons. The molecule has 0 radical (unpaired) electrons. The zero-order chi connectivity index (χ0) is 57.9. The summed E-state index contributed by atoms with van der Waals surface area (Å²) in [7, 11) is 6.46. The fourth-order valence-corrected chi connectivity index (χ4v) is 10.0. The van der Waals surface area contributed by atoms with Gasteiger partial charge in [0.05, 0.1) is 87.9 Å². The quantitative estimate of drug-likeness (QED) is 0.0429. The molecule has 7 heterocycles. The van der Waals surface area contributed by atoms with Gasteiger partial charge in [0.15, 0.2) is 21.0 Å². The molecule has 0 saturated heterocycles. The third-order valence-corrected chi connectivity index (χ3v) is 14.4. The highest BCUT2D eigenvalue weighted by atomic mass is 35.5. The van der Waals surface area contributed by atoms with E-state index in [0.29, 0.717) is 58.4 Å². The van der Waals surface area contributed by atoms with E-state index >= 15 is 0 Å². The molecule has 7 N–H and O–H groups in total. The molecule has 0 amide bonds. The molecule has 7 aromatic heterocycles. The fraction of sp³-hybridized carbons (Fsp3) is 0.238. The zero-order valence-electron chi connectivity index (χ0n) is 40.6. The van der Waals surface area contributed by atoms with Gasteiger partial charge in [0.2, 0.25) is 0 Å². The maximum Gasteiger partial charge on any atom is 0.350 e. The number of esters is 5. The van der Waals surface area contributed by atoms with Crippen molar-refractivity contribution in [2.24, 2.45) is 0 Å². The summed E-state index contributed by atoms with van der Waals surface area (Å²) in [5, 5.41) is 40.1. The smallest absolute Gasteiger partial charge is 0.350 e. The normalized spacial score (nSPS) is 9.87. The van der Waals surface area contributed by atoms with Crippen molar-refractivity contribution in [3.05, 3.63) is 83.9 Å². The second kappa shape index (κ2) is 33.4. The first-order valence-corrected chi connectivity index (χ1v) is 26.2. The van der Waals surface area contributed by atoms with E-state index in [1.54, 1.807) is 12.1 Å². The van der Waals surface area contributed by atoms with Crippen molar-refractivity contribution < 1.29 is 52.8 Å². The number of nitrogen functional groups attached to an aromatic ring is 2. The van der Waals surface area contributed by atoms with E-state index in [1.807, 2.05) is 6.07 Å². The minimum Gasteiger partial charge on any atom is -0.468 e. The van der Waals surface area contributed by atoms with Crippen LogP contribution in [0, 0.1) is 34.0 Å². The highest BCUT2D eigenvalue weighted by molar-refractivity contribution is 8.00. The van der Waals surface area contributed by atoms with Crippen molar-refractivity contribution in [2.45, 2.75) is 15.1 Å². The molecular weight excluding hydrogens is 1190 g/mol. The molecule has 28 nitrogen and oxygen atoms in total. The van der Waals surface area contributed by atoms with E-state index in [0.717, 1.165) is 52.5 Å². The number of nitriles is 3. The first-order chi connectivity index (χ1) is 37.4. The Hall–Kier alpha value is -7.78. The third kappa shape index (κ3) is 18.5. The Balaban J connectivity index is 0.000000264. The van der Waals surface area contributed by atoms with Gasteiger partial charge in [-0.05, 0) is 0 Å². The molecule has 0 atom stereocenters. The molecule has 0 aliphatic heterocycles. The lowest BCUT2D eigenvalue weighted by Gasteiger charge is -2.06. The number of fused-ring (bicyclic) bond motifs is 2. The van der Waals surface area contributed by atoms with Crippen LogP contribution < -0.4 is 22.3 Å².